The first-order valence-electron chi connectivity index (χ1n) is 11.6. The standard InChI is InChI=1S/C26H24N6O2/c1-15-2-3-18(26(34)31-20-10-11-20)12-21(15)32-14-29-23-22(27-13-28-24(23)32)16-4-6-17(7-5-16)25(33)30-19-8-9-19/h2-7,12-14,19-20H,8-11H2,1H3,(H,30,33)(H,31,34). The molecule has 6 rings (SSSR count). The van der Waals surface area contributed by atoms with Gasteiger partial charge in [0, 0.05) is 28.8 Å². The zero-order valence-electron chi connectivity index (χ0n) is 18.8. The van der Waals surface area contributed by atoms with Crippen LogP contribution in [0.2, 0.25) is 0 Å². The van der Waals surface area contributed by atoms with E-state index in [0.717, 1.165) is 42.5 Å². The van der Waals surface area contributed by atoms with Crippen molar-refractivity contribution < 1.29 is 9.59 Å². The van der Waals surface area contributed by atoms with Gasteiger partial charge in [0.15, 0.2) is 5.65 Å². The van der Waals surface area contributed by atoms with Crippen molar-refractivity contribution >= 4 is 23.0 Å². The molecule has 2 aromatic carbocycles. The minimum absolute atomic E-state index is 0.0489. The molecule has 0 unspecified atom stereocenters. The van der Waals surface area contributed by atoms with Crippen molar-refractivity contribution in [2.45, 2.75) is 44.7 Å². The molecule has 2 N–H and O–H groups in total. The molecule has 8 nitrogen and oxygen atoms in total. The normalized spacial score (nSPS) is 15.3. The van der Waals surface area contributed by atoms with Gasteiger partial charge in [0.25, 0.3) is 11.8 Å². The van der Waals surface area contributed by atoms with Crippen LogP contribution in [0.25, 0.3) is 28.1 Å². The Morgan fingerprint density at radius 1 is 0.853 bits per heavy atom. The van der Waals surface area contributed by atoms with E-state index in [4.69, 9.17) is 0 Å². The number of carbonyl (C=O) groups is 2. The number of rotatable bonds is 6. The van der Waals surface area contributed by atoms with E-state index >= 15 is 0 Å². The van der Waals surface area contributed by atoms with Gasteiger partial charge in [-0.05, 0) is 62.4 Å². The molecule has 2 aliphatic carbocycles. The number of nitrogens with one attached hydrogen (secondary N) is 2. The number of hydrogen-bond donors (Lipinski definition) is 2. The Labute approximate surface area is 196 Å². The molecule has 0 radical (unpaired) electrons. The number of nitrogens with zero attached hydrogens (tertiary/aromatic N) is 4. The summed E-state index contributed by atoms with van der Waals surface area (Å²) in [5.41, 5.74) is 5.96. The third-order valence-corrected chi connectivity index (χ3v) is 6.31. The summed E-state index contributed by atoms with van der Waals surface area (Å²) < 4.78 is 1.89. The van der Waals surface area contributed by atoms with E-state index in [1.54, 1.807) is 6.33 Å². The smallest absolute Gasteiger partial charge is 0.251 e. The average Bonchev–Trinajstić information content (AvgIpc) is 3.79. The van der Waals surface area contributed by atoms with Crippen LogP contribution in [-0.2, 0) is 0 Å². The van der Waals surface area contributed by atoms with Crippen LogP contribution in [0.5, 0.6) is 0 Å². The molecule has 2 aromatic heterocycles. The van der Waals surface area contributed by atoms with Gasteiger partial charge in [-0.25, -0.2) is 15.0 Å². The van der Waals surface area contributed by atoms with Crippen LogP contribution in [-0.4, -0.2) is 43.4 Å². The minimum Gasteiger partial charge on any atom is -0.349 e. The largest absolute Gasteiger partial charge is 0.349 e. The van der Waals surface area contributed by atoms with Crippen molar-refractivity contribution in [3.8, 4) is 16.9 Å². The van der Waals surface area contributed by atoms with E-state index in [0.29, 0.717) is 40.1 Å². The lowest BCUT2D eigenvalue weighted by molar-refractivity contribution is 0.0942. The van der Waals surface area contributed by atoms with Crippen molar-refractivity contribution in [3.63, 3.8) is 0 Å². The molecule has 4 aromatic rings. The second-order valence-electron chi connectivity index (χ2n) is 9.08. The monoisotopic (exact) mass is 452 g/mol. The maximum Gasteiger partial charge on any atom is 0.251 e. The van der Waals surface area contributed by atoms with Gasteiger partial charge in [0.1, 0.15) is 23.9 Å². The molecule has 8 heteroatoms. The van der Waals surface area contributed by atoms with Crippen molar-refractivity contribution in [1.82, 2.24) is 30.2 Å². The van der Waals surface area contributed by atoms with Crippen LogP contribution < -0.4 is 10.6 Å². The molecule has 2 saturated carbocycles. The van der Waals surface area contributed by atoms with Crippen molar-refractivity contribution in [2.75, 3.05) is 0 Å². The summed E-state index contributed by atoms with van der Waals surface area (Å²) in [6.07, 6.45) is 7.43. The van der Waals surface area contributed by atoms with E-state index in [-0.39, 0.29) is 11.8 Å². The summed E-state index contributed by atoms with van der Waals surface area (Å²) in [7, 11) is 0. The number of imidazole rings is 1. The van der Waals surface area contributed by atoms with Crippen LogP contribution in [0, 0.1) is 6.92 Å². The fraction of sp³-hybridized carbons (Fsp3) is 0.269. The molecule has 0 atom stereocenters. The third kappa shape index (κ3) is 3.91. The van der Waals surface area contributed by atoms with Crippen molar-refractivity contribution in [3.05, 3.63) is 71.8 Å². The number of fused-ring (bicyclic) bond motifs is 1. The Hall–Kier alpha value is -4.07. The van der Waals surface area contributed by atoms with Gasteiger partial charge in [-0.3, -0.25) is 14.2 Å². The molecule has 0 saturated heterocycles. The highest BCUT2D eigenvalue weighted by Gasteiger charge is 2.25. The highest BCUT2D eigenvalue weighted by molar-refractivity contribution is 5.96. The molecule has 2 aliphatic rings. The van der Waals surface area contributed by atoms with Gasteiger partial charge >= 0.3 is 0 Å². The second-order valence-corrected chi connectivity index (χ2v) is 9.08. The summed E-state index contributed by atoms with van der Waals surface area (Å²) in [6, 6.07) is 13.7. The van der Waals surface area contributed by atoms with Crippen LogP contribution in [0.1, 0.15) is 52.0 Å². The van der Waals surface area contributed by atoms with E-state index in [9.17, 15) is 9.59 Å². The fourth-order valence-electron chi connectivity index (χ4n) is 4.00. The summed E-state index contributed by atoms with van der Waals surface area (Å²) in [5.74, 6) is -0.110. The predicted octanol–water partition coefficient (Wildman–Crippen LogP) is 3.58. The first-order chi connectivity index (χ1) is 16.6. The number of carbonyl (C=O) groups excluding carboxylic acids is 2. The van der Waals surface area contributed by atoms with Crippen LogP contribution >= 0.6 is 0 Å². The van der Waals surface area contributed by atoms with Gasteiger partial charge in [0.05, 0.1) is 5.69 Å². The number of aromatic nitrogens is 4. The Kier molecular flexibility index (Phi) is 4.86. The van der Waals surface area contributed by atoms with Gasteiger partial charge in [0.2, 0.25) is 0 Å². The maximum absolute atomic E-state index is 12.6. The topological polar surface area (TPSA) is 102 Å². The zero-order chi connectivity index (χ0) is 23.2. The average molecular weight is 453 g/mol. The summed E-state index contributed by atoms with van der Waals surface area (Å²) in [4.78, 5) is 38.5. The summed E-state index contributed by atoms with van der Waals surface area (Å²) >= 11 is 0. The second kappa shape index (κ2) is 8.06. The fourth-order valence-corrected chi connectivity index (χ4v) is 4.00. The highest BCUT2D eigenvalue weighted by Crippen LogP contribution is 2.28. The van der Waals surface area contributed by atoms with E-state index in [2.05, 4.69) is 25.6 Å². The Morgan fingerprint density at radius 2 is 1.50 bits per heavy atom. The SMILES string of the molecule is Cc1ccc(C(=O)NC2CC2)cc1-n1cnc2c(-c3ccc(C(=O)NC4CC4)cc3)ncnc21. The lowest BCUT2D eigenvalue weighted by Crippen LogP contribution is -2.25. The summed E-state index contributed by atoms with van der Waals surface area (Å²) in [5, 5.41) is 6.04. The van der Waals surface area contributed by atoms with Crippen molar-refractivity contribution in [1.29, 1.82) is 0 Å². The minimum atomic E-state index is -0.0608. The quantitative estimate of drug-likeness (QED) is 0.466. The third-order valence-electron chi connectivity index (χ3n) is 6.31. The maximum atomic E-state index is 12.6. The zero-order valence-corrected chi connectivity index (χ0v) is 18.8. The van der Waals surface area contributed by atoms with Gasteiger partial charge < -0.3 is 10.6 Å². The molecule has 0 aliphatic heterocycles. The Bertz CT molecular complexity index is 1420. The lowest BCUT2D eigenvalue weighted by Gasteiger charge is -2.11. The molecular weight excluding hydrogens is 428 g/mol. The first kappa shape index (κ1) is 20.5. The van der Waals surface area contributed by atoms with Crippen LogP contribution in [0.4, 0.5) is 0 Å². The summed E-state index contributed by atoms with van der Waals surface area (Å²) in [6.45, 7) is 2.00. The molecule has 0 bridgehead atoms. The highest BCUT2D eigenvalue weighted by atomic mass is 16.2. The lowest BCUT2D eigenvalue weighted by atomic mass is 10.1. The van der Waals surface area contributed by atoms with Gasteiger partial charge in [-0.15, -0.1) is 0 Å². The molecule has 0 spiro atoms. The number of benzene rings is 2. The van der Waals surface area contributed by atoms with Crippen LogP contribution in [0.3, 0.4) is 0 Å². The molecule has 2 heterocycles. The van der Waals surface area contributed by atoms with Crippen molar-refractivity contribution in [2.24, 2.45) is 0 Å². The van der Waals surface area contributed by atoms with E-state index < -0.39 is 0 Å². The van der Waals surface area contributed by atoms with E-state index in [1.807, 2.05) is 54.0 Å². The number of hydrogen-bond acceptors (Lipinski definition) is 5. The molecule has 34 heavy (non-hydrogen) atoms. The predicted molar refractivity (Wildman–Crippen MR) is 128 cm³/mol. The first-order valence-corrected chi connectivity index (χ1v) is 11.6. The van der Waals surface area contributed by atoms with Gasteiger partial charge in [-0.1, -0.05) is 18.2 Å². The number of amides is 2. The van der Waals surface area contributed by atoms with E-state index in [1.165, 1.54) is 6.33 Å². The molecule has 2 amide bonds. The molecule has 170 valence electrons. The Morgan fingerprint density at radius 3 is 2.18 bits per heavy atom. The van der Waals surface area contributed by atoms with Gasteiger partial charge in [-0.2, -0.15) is 0 Å². The molecule has 2 fully saturated rings. The van der Waals surface area contributed by atoms with Crippen LogP contribution in [0.15, 0.2) is 55.1 Å². The molecular formula is C26H24N6O2. The Balaban J connectivity index is 1.34. The number of aryl methyl sites for hydroxylation is 1.